The van der Waals surface area contributed by atoms with Crippen molar-refractivity contribution >= 4 is 45.0 Å². The molecule has 1 N–H and O–H groups in total. The molecule has 0 spiro atoms. The maximum atomic E-state index is 14.6. The van der Waals surface area contributed by atoms with E-state index in [1.54, 1.807) is 91.8 Å². The molecule has 12 heteroatoms. The van der Waals surface area contributed by atoms with E-state index in [9.17, 15) is 18.0 Å². The lowest BCUT2D eigenvalue weighted by molar-refractivity contribution is -0.125. The third kappa shape index (κ3) is 5.23. The van der Waals surface area contributed by atoms with E-state index >= 15 is 0 Å². The van der Waals surface area contributed by atoms with Crippen LogP contribution in [0.15, 0.2) is 95.9 Å². The second kappa shape index (κ2) is 12.2. The van der Waals surface area contributed by atoms with Crippen molar-refractivity contribution in [2.24, 2.45) is 0 Å². The Labute approximate surface area is 260 Å². The summed E-state index contributed by atoms with van der Waals surface area (Å²) in [6.45, 7) is 2.20. The van der Waals surface area contributed by atoms with Crippen LogP contribution in [0.4, 0.5) is 16.2 Å². The molecule has 2 amide bonds. The lowest BCUT2D eigenvalue weighted by atomic mass is 9.82. The van der Waals surface area contributed by atoms with Gasteiger partial charge in [-0.2, -0.15) is 0 Å². The average molecular weight is 636 g/mol. The zero-order valence-electron chi connectivity index (χ0n) is 24.4. The number of benzene rings is 4. The molecule has 1 atom stereocenters. The highest BCUT2D eigenvalue weighted by molar-refractivity contribution is 7.93. The number of ether oxygens (including phenoxy) is 3. The number of anilines is 2. The quantitative estimate of drug-likeness (QED) is 0.242. The number of fused-ring (bicyclic) bond motifs is 1. The predicted octanol–water partition coefficient (Wildman–Crippen LogP) is 5.90. The fourth-order valence-electron chi connectivity index (χ4n) is 5.33. The van der Waals surface area contributed by atoms with Gasteiger partial charge in [-0.1, -0.05) is 48.0 Å². The summed E-state index contributed by atoms with van der Waals surface area (Å²) in [7, 11) is 0.0791. The smallest absolute Gasteiger partial charge is 0.417 e. The zero-order valence-corrected chi connectivity index (χ0v) is 26.0. The number of halogens is 1. The van der Waals surface area contributed by atoms with Gasteiger partial charge in [-0.25, -0.2) is 17.5 Å². The number of nitrogens with zero attached hydrogens (tertiary/aromatic N) is 2. The van der Waals surface area contributed by atoms with Gasteiger partial charge in [0, 0.05) is 27.9 Å². The molecule has 1 unspecified atom stereocenters. The van der Waals surface area contributed by atoms with Gasteiger partial charge >= 0.3 is 6.09 Å². The van der Waals surface area contributed by atoms with E-state index in [0.29, 0.717) is 29.2 Å². The Balaban J connectivity index is 1.60. The summed E-state index contributed by atoms with van der Waals surface area (Å²) in [6.07, 6.45) is -0.780. The SMILES string of the molecule is CCOc1ccc2c(c1)C(c1ccccc1Cl)(N(C)C)C(=O)N2S(=O)(=O)c1ccc(NC(=O)Oc2ccccc2)cc1OC. The van der Waals surface area contributed by atoms with Crippen LogP contribution >= 0.6 is 11.6 Å². The molecule has 0 saturated carbocycles. The number of para-hydroxylation sites is 1. The van der Waals surface area contributed by atoms with Crippen molar-refractivity contribution in [2.45, 2.75) is 17.4 Å². The van der Waals surface area contributed by atoms with E-state index in [2.05, 4.69) is 5.32 Å². The van der Waals surface area contributed by atoms with Gasteiger partial charge in [-0.05, 0) is 69.6 Å². The Bertz CT molecular complexity index is 1830. The normalized spacial score (nSPS) is 16.0. The van der Waals surface area contributed by atoms with Crippen LogP contribution in [-0.2, 0) is 20.4 Å². The van der Waals surface area contributed by atoms with Crippen LogP contribution in [0.2, 0.25) is 5.02 Å². The molecule has 4 aromatic rings. The summed E-state index contributed by atoms with van der Waals surface area (Å²) in [5.74, 6) is -0.0532. The van der Waals surface area contributed by atoms with Gasteiger partial charge < -0.3 is 14.2 Å². The molecule has 0 fully saturated rings. The number of methoxy groups -OCH3 is 1. The highest BCUT2D eigenvalue weighted by atomic mass is 35.5. The summed E-state index contributed by atoms with van der Waals surface area (Å²) in [4.78, 5) is 28.5. The minimum absolute atomic E-state index is 0.0945. The summed E-state index contributed by atoms with van der Waals surface area (Å²) in [6, 6.07) is 24.1. The summed E-state index contributed by atoms with van der Waals surface area (Å²) >= 11 is 6.66. The van der Waals surface area contributed by atoms with E-state index in [-0.39, 0.29) is 27.0 Å². The summed E-state index contributed by atoms with van der Waals surface area (Å²) in [5.41, 5.74) is -0.453. The fourth-order valence-corrected chi connectivity index (χ4v) is 7.21. The number of carbonyl (C=O) groups is 2. The van der Waals surface area contributed by atoms with Crippen molar-refractivity contribution in [3.8, 4) is 17.2 Å². The Morgan fingerprint density at radius 2 is 1.64 bits per heavy atom. The van der Waals surface area contributed by atoms with E-state index < -0.39 is 27.6 Å². The lowest BCUT2D eigenvalue weighted by Gasteiger charge is -2.36. The number of amides is 2. The summed E-state index contributed by atoms with van der Waals surface area (Å²) < 4.78 is 46.1. The minimum Gasteiger partial charge on any atom is -0.495 e. The molecule has 1 aliphatic heterocycles. The maximum Gasteiger partial charge on any atom is 0.417 e. The molecule has 44 heavy (non-hydrogen) atoms. The molecule has 4 aromatic carbocycles. The van der Waals surface area contributed by atoms with Crippen LogP contribution in [-0.4, -0.2) is 53.1 Å². The van der Waals surface area contributed by atoms with Gasteiger partial charge in [0.1, 0.15) is 22.1 Å². The first-order chi connectivity index (χ1) is 21.0. The first kappa shape index (κ1) is 30.9. The Morgan fingerprint density at radius 1 is 0.932 bits per heavy atom. The Hall–Kier alpha value is -4.58. The standard InChI is InChI=1S/C32H30ClN3O7S/c1-5-42-23-16-17-27-25(20-23)32(35(2)3,24-13-9-10-14-26(24)33)30(37)36(27)44(39,40)29-18-15-21(19-28(29)41-4)34-31(38)43-22-11-7-6-8-12-22/h6-20H,5H2,1-4H3,(H,34,38). The van der Waals surface area contributed by atoms with Crippen molar-refractivity contribution in [3.05, 3.63) is 107 Å². The number of carbonyl (C=O) groups excluding carboxylic acids is 2. The molecule has 228 valence electrons. The van der Waals surface area contributed by atoms with E-state index in [0.717, 1.165) is 4.31 Å². The molecule has 10 nitrogen and oxygen atoms in total. The van der Waals surface area contributed by atoms with Gasteiger partial charge in [0.2, 0.25) is 0 Å². The van der Waals surface area contributed by atoms with Gasteiger partial charge in [0.25, 0.3) is 15.9 Å². The number of hydrogen-bond acceptors (Lipinski definition) is 8. The largest absolute Gasteiger partial charge is 0.495 e. The molecule has 1 aliphatic rings. The second-order valence-corrected chi connectivity index (χ2v) is 12.1. The Kier molecular flexibility index (Phi) is 8.55. The van der Waals surface area contributed by atoms with Crippen LogP contribution in [0, 0.1) is 0 Å². The molecule has 0 radical (unpaired) electrons. The molecular weight excluding hydrogens is 606 g/mol. The van der Waals surface area contributed by atoms with E-state index in [4.69, 9.17) is 25.8 Å². The number of sulfonamides is 1. The van der Waals surface area contributed by atoms with Crippen molar-refractivity contribution in [3.63, 3.8) is 0 Å². The molecular formula is C32H30ClN3O7S. The van der Waals surface area contributed by atoms with Crippen LogP contribution in [0.3, 0.4) is 0 Å². The topological polar surface area (TPSA) is 114 Å². The lowest BCUT2D eigenvalue weighted by Crippen LogP contribution is -2.52. The van der Waals surface area contributed by atoms with Crippen LogP contribution in [0.5, 0.6) is 17.2 Å². The monoisotopic (exact) mass is 635 g/mol. The summed E-state index contributed by atoms with van der Waals surface area (Å²) in [5, 5.41) is 2.85. The maximum absolute atomic E-state index is 14.6. The molecule has 0 aromatic heterocycles. The van der Waals surface area contributed by atoms with Crippen molar-refractivity contribution in [1.29, 1.82) is 0 Å². The first-order valence-corrected chi connectivity index (χ1v) is 15.4. The van der Waals surface area contributed by atoms with Crippen LogP contribution < -0.4 is 23.8 Å². The zero-order chi connectivity index (χ0) is 31.6. The van der Waals surface area contributed by atoms with E-state index in [1.165, 1.54) is 25.3 Å². The fraction of sp³-hybridized carbons (Fsp3) is 0.188. The van der Waals surface area contributed by atoms with Gasteiger partial charge in [-0.15, -0.1) is 0 Å². The van der Waals surface area contributed by atoms with Crippen LogP contribution in [0.1, 0.15) is 18.1 Å². The number of nitrogens with one attached hydrogen (secondary N) is 1. The van der Waals surface area contributed by atoms with Crippen molar-refractivity contribution < 1.29 is 32.2 Å². The number of likely N-dealkylation sites (N-methyl/N-ethyl adjacent to an activating group) is 1. The van der Waals surface area contributed by atoms with Crippen molar-refractivity contribution in [1.82, 2.24) is 4.90 Å². The third-order valence-electron chi connectivity index (χ3n) is 7.20. The minimum atomic E-state index is -4.58. The van der Waals surface area contributed by atoms with Crippen LogP contribution in [0.25, 0.3) is 0 Å². The Morgan fingerprint density at radius 3 is 2.30 bits per heavy atom. The average Bonchev–Trinajstić information content (AvgIpc) is 3.26. The molecule has 1 heterocycles. The highest BCUT2D eigenvalue weighted by Gasteiger charge is 2.58. The first-order valence-electron chi connectivity index (χ1n) is 13.6. The molecule has 0 saturated heterocycles. The molecule has 0 aliphatic carbocycles. The number of rotatable bonds is 9. The third-order valence-corrected chi connectivity index (χ3v) is 9.26. The van der Waals surface area contributed by atoms with Gasteiger partial charge in [0.15, 0.2) is 5.54 Å². The second-order valence-electron chi connectivity index (χ2n) is 9.96. The van der Waals surface area contributed by atoms with Gasteiger partial charge in [-0.3, -0.25) is 15.0 Å². The molecule has 0 bridgehead atoms. The van der Waals surface area contributed by atoms with E-state index in [1.807, 2.05) is 6.92 Å². The highest BCUT2D eigenvalue weighted by Crippen LogP contribution is 2.52. The predicted molar refractivity (Wildman–Crippen MR) is 167 cm³/mol. The number of hydrogen-bond donors (Lipinski definition) is 1. The van der Waals surface area contributed by atoms with Crippen molar-refractivity contribution in [2.75, 3.05) is 37.4 Å². The molecule has 5 rings (SSSR count). The van der Waals surface area contributed by atoms with Gasteiger partial charge in [0.05, 0.1) is 19.4 Å².